The Hall–Kier alpha value is -2.14. The number of aliphatic imine (C=N–C) groups is 1. The molecule has 0 aliphatic rings. The van der Waals surface area contributed by atoms with Crippen LogP contribution in [0, 0.1) is 0 Å². The maximum Gasteiger partial charge on any atom is 0.193 e. The number of benzene rings is 1. The van der Waals surface area contributed by atoms with Crippen molar-refractivity contribution in [2.24, 2.45) is 12.0 Å². The summed E-state index contributed by atoms with van der Waals surface area (Å²) in [5, 5.41) is 4.16. The van der Waals surface area contributed by atoms with E-state index in [0.29, 0.717) is 6.61 Å². The van der Waals surface area contributed by atoms with Gasteiger partial charge < -0.3 is 19.5 Å². The Morgan fingerprint density at radius 2 is 2.16 bits per heavy atom. The van der Waals surface area contributed by atoms with Gasteiger partial charge in [0.15, 0.2) is 5.96 Å². The summed E-state index contributed by atoms with van der Waals surface area (Å²) in [5.41, 5.74) is 2.38. The van der Waals surface area contributed by atoms with Gasteiger partial charge in [0.25, 0.3) is 0 Å². The molecule has 0 aliphatic heterocycles. The van der Waals surface area contributed by atoms with Crippen LogP contribution >= 0.6 is 11.6 Å². The van der Waals surface area contributed by atoms with E-state index in [4.69, 9.17) is 16.3 Å². The minimum atomic E-state index is 0.683. The van der Waals surface area contributed by atoms with Crippen LogP contribution in [0.1, 0.15) is 18.2 Å². The first kappa shape index (κ1) is 19.2. The lowest BCUT2D eigenvalue weighted by atomic mass is 10.1. The first-order valence-electron chi connectivity index (χ1n) is 8.47. The largest absolute Gasteiger partial charge is 0.494 e. The van der Waals surface area contributed by atoms with Gasteiger partial charge in [0.05, 0.1) is 18.2 Å². The van der Waals surface area contributed by atoms with Crippen molar-refractivity contribution >= 4 is 17.6 Å². The fraction of sp³-hybridized carbons (Fsp3) is 0.421. The van der Waals surface area contributed by atoms with Gasteiger partial charge in [-0.05, 0) is 37.1 Å². The second-order valence-electron chi connectivity index (χ2n) is 5.92. The van der Waals surface area contributed by atoms with Gasteiger partial charge in [-0.25, -0.2) is 0 Å². The van der Waals surface area contributed by atoms with E-state index < -0.39 is 0 Å². The third kappa shape index (κ3) is 5.71. The van der Waals surface area contributed by atoms with Crippen LogP contribution in [0.3, 0.4) is 0 Å². The maximum absolute atomic E-state index is 6.05. The second kappa shape index (κ2) is 9.37. The predicted molar refractivity (Wildman–Crippen MR) is 105 cm³/mol. The van der Waals surface area contributed by atoms with Crippen molar-refractivity contribution in [2.45, 2.75) is 19.9 Å². The van der Waals surface area contributed by atoms with Crippen LogP contribution in [0.25, 0.3) is 0 Å². The first-order chi connectivity index (χ1) is 12.0. The molecule has 6 heteroatoms. The SMILES string of the molecule is CCOc1cccc(CCNC(=NC)N(C)Cc2cc(Cl)cn2C)c1. The molecule has 0 fully saturated rings. The number of halogens is 1. The number of hydrogen-bond donors (Lipinski definition) is 1. The number of rotatable bonds is 7. The van der Waals surface area contributed by atoms with Gasteiger partial charge in [-0.15, -0.1) is 0 Å². The van der Waals surface area contributed by atoms with Gasteiger partial charge in [-0.3, -0.25) is 4.99 Å². The zero-order valence-corrected chi connectivity index (χ0v) is 16.2. The molecule has 136 valence electrons. The lowest BCUT2D eigenvalue weighted by molar-refractivity contribution is 0.340. The van der Waals surface area contributed by atoms with Crippen LogP contribution in [0.4, 0.5) is 0 Å². The van der Waals surface area contributed by atoms with Crippen LogP contribution in [-0.4, -0.2) is 42.7 Å². The van der Waals surface area contributed by atoms with E-state index in [1.165, 1.54) is 5.56 Å². The summed E-state index contributed by atoms with van der Waals surface area (Å²) >= 11 is 6.05. The summed E-state index contributed by atoms with van der Waals surface area (Å²) in [6.07, 6.45) is 2.82. The highest BCUT2D eigenvalue weighted by molar-refractivity contribution is 6.30. The summed E-state index contributed by atoms with van der Waals surface area (Å²) in [6.45, 7) is 4.22. The van der Waals surface area contributed by atoms with E-state index in [0.717, 1.165) is 41.9 Å². The Kier molecular flexibility index (Phi) is 7.19. The first-order valence-corrected chi connectivity index (χ1v) is 8.85. The molecule has 1 aromatic heterocycles. The monoisotopic (exact) mass is 362 g/mol. The highest BCUT2D eigenvalue weighted by Crippen LogP contribution is 2.15. The number of aromatic nitrogens is 1. The van der Waals surface area contributed by atoms with Crippen LogP contribution in [0.15, 0.2) is 41.5 Å². The number of nitrogens with one attached hydrogen (secondary N) is 1. The molecule has 0 radical (unpaired) electrons. The molecule has 0 amide bonds. The van der Waals surface area contributed by atoms with E-state index >= 15 is 0 Å². The lowest BCUT2D eigenvalue weighted by Gasteiger charge is -2.22. The Morgan fingerprint density at radius 1 is 1.36 bits per heavy atom. The zero-order valence-electron chi connectivity index (χ0n) is 15.4. The Labute approximate surface area is 155 Å². The van der Waals surface area contributed by atoms with Gasteiger partial charge in [-0.2, -0.15) is 0 Å². The third-order valence-electron chi connectivity index (χ3n) is 3.95. The fourth-order valence-electron chi connectivity index (χ4n) is 2.70. The molecule has 0 aliphatic carbocycles. The van der Waals surface area contributed by atoms with E-state index in [2.05, 4.69) is 27.3 Å². The van der Waals surface area contributed by atoms with Crippen molar-refractivity contribution < 1.29 is 4.74 Å². The van der Waals surface area contributed by atoms with Crippen molar-refractivity contribution in [2.75, 3.05) is 27.2 Å². The van der Waals surface area contributed by atoms with Crippen LogP contribution < -0.4 is 10.1 Å². The molecule has 0 saturated carbocycles. The molecule has 0 bridgehead atoms. The Morgan fingerprint density at radius 3 is 2.80 bits per heavy atom. The average Bonchev–Trinajstić information content (AvgIpc) is 2.89. The minimum absolute atomic E-state index is 0.683. The van der Waals surface area contributed by atoms with Crippen LogP contribution in [-0.2, 0) is 20.0 Å². The lowest BCUT2D eigenvalue weighted by Crippen LogP contribution is -2.39. The second-order valence-corrected chi connectivity index (χ2v) is 6.36. The number of nitrogens with zero attached hydrogens (tertiary/aromatic N) is 3. The van der Waals surface area contributed by atoms with Crippen molar-refractivity contribution in [3.8, 4) is 5.75 Å². The molecule has 1 heterocycles. The third-order valence-corrected chi connectivity index (χ3v) is 4.16. The molecule has 2 rings (SSSR count). The molecular formula is C19H27ClN4O. The van der Waals surface area contributed by atoms with Gasteiger partial charge in [0.2, 0.25) is 0 Å². The molecular weight excluding hydrogens is 336 g/mol. The summed E-state index contributed by atoms with van der Waals surface area (Å²) in [4.78, 5) is 6.45. The van der Waals surface area contributed by atoms with E-state index in [1.807, 2.05) is 50.0 Å². The Bertz CT molecular complexity index is 711. The number of aryl methyl sites for hydroxylation is 1. The van der Waals surface area contributed by atoms with E-state index in [-0.39, 0.29) is 0 Å². The Balaban J connectivity index is 1.87. The molecule has 25 heavy (non-hydrogen) atoms. The molecule has 0 saturated heterocycles. The standard InChI is InChI=1S/C19H27ClN4O/c1-5-25-18-8-6-7-15(11-18)9-10-22-19(21-2)24(4)14-17-12-16(20)13-23(17)3/h6-8,11-13H,5,9-10,14H2,1-4H3,(H,21,22). The molecule has 1 aromatic carbocycles. The van der Waals surface area contributed by atoms with Crippen molar-refractivity contribution in [1.82, 2.24) is 14.8 Å². The topological polar surface area (TPSA) is 41.8 Å². The van der Waals surface area contributed by atoms with Gasteiger partial charge in [-0.1, -0.05) is 23.7 Å². The summed E-state index contributed by atoms with van der Waals surface area (Å²) in [5.74, 6) is 1.78. The van der Waals surface area contributed by atoms with Gasteiger partial charge >= 0.3 is 0 Å². The van der Waals surface area contributed by atoms with Crippen molar-refractivity contribution in [1.29, 1.82) is 0 Å². The minimum Gasteiger partial charge on any atom is -0.494 e. The van der Waals surface area contributed by atoms with Crippen molar-refractivity contribution in [3.63, 3.8) is 0 Å². The fourth-order valence-corrected chi connectivity index (χ4v) is 2.97. The van der Waals surface area contributed by atoms with E-state index in [1.54, 1.807) is 7.05 Å². The highest BCUT2D eigenvalue weighted by Gasteiger charge is 2.09. The summed E-state index contributed by atoms with van der Waals surface area (Å²) < 4.78 is 7.58. The van der Waals surface area contributed by atoms with Crippen LogP contribution in [0.5, 0.6) is 5.75 Å². The summed E-state index contributed by atoms with van der Waals surface area (Å²) in [6, 6.07) is 10.2. The highest BCUT2D eigenvalue weighted by atomic mass is 35.5. The average molecular weight is 363 g/mol. The van der Waals surface area contributed by atoms with Gasteiger partial charge in [0.1, 0.15) is 5.75 Å². The maximum atomic E-state index is 6.05. The predicted octanol–water partition coefficient (Wildman–Crippen LogP) is 3.33. The van der Waals surface area contributed by atoms with Crippen molar-refractivity contribution in [3.05, 3.63) is 52.8 Å². The van der Waals surface area contributed by atoms with Crippen LogP contribution in [0.2, 0.25) is 5.02 Å². The molecule has 1 N–H and O–H groups in total. The normalized spacial score (nSPS) is 11.5. The molecule has 0 spiro atoms. The molecule has 2 aromatic rings. The molecule has 0 unspecified atom stereocenters. The smallest absolute Gasteiger partial charge is 0.193 e. The summed E-state index contributed by atoms with van der Waals surface area (Å²) in [7, 11) is 5.81. The number of hydrogen-bond acceptors (Lipinski definition) is 2. The molecule has 5 nitrogen and oxygen atoms in total. The van der Waals surface area contributed by atoms with Gasteiger partial charge in [0, 0.05) is 39.6 Å². The zero-order chi connectivity index (χ0) is 18.2. The molecule has 0 atom stereocenters. The number of guanidine groups is 1. The number of ether oxygens (including phenoxy) is 1. The quantitative estimate of drug-likeness (QED) is 0.606. The van der Waals surface area contributed by atoms with E-state index in [9.17, 15) is 0 Å².